The first-order chi connectivity index (χ1) is 7.94. The first-order valence-corrected chi connectivity index (χ1v) is 7.90. The zero-order valence-electron chi connectivity index (χ0n) is 11.4. The molecule has 1 rings (SSSR count). The van der Waals surface area contributed by atoms with E-state index >= 15 is 0 Å². The van der Waals surface area contributed by atoms with Crippen LogP contribution < -0.4 is 5.32 Å². The van der Waals surface area contributed by atoms with Gasteiger partial charge < -0.3 is 5.32 Å². The van der Waals surface area contributed by atoms with Crippen molar-refractivity contribution >= 4 is 21.8 Å². The number of carbonyl (C=O) groups is 1. The first kappa shape index (κ1) is 15.0. The van der Waals surface area contributed by atoms with Crippen molar-refractivity contribution in [1.82, 2.24) is 5.32 Å². The predicted octanol–water partition coefficient (Wildman–Crippen LogP) is 3.74. The van der Waals surface area contributed by atoms with Crippen LogP contribution in [0, 0.1) is 17.3 Å². The summed E-state index contributed by atoms with van der Waals surface area (Å²) in [4.78, 5) is 12.0. The van der Waals surface area contributed by atoms with Crippen molar-refractivity contribution < 1.29 is 4.79 Å². The molecule has 2 nitrogen and oxygen atoms in total. The Hall–Kier alpha value is -0.0500. The average molecular weight is 304 g/mol. The molecule has 0 aromatic carbocycles. The van der Waals surface area contributed by atoms with Gasteiger partial charge in [0.15, 0.2) is 0 Å². The molecule has 1 aliphatic rings. The van der Waals surface area contributed by atoms with Crippen LogP contribution in [0.25, 0.3) is 0 Å². The highest BCUT2D eigenvalue weighted by molar-refractivity contribution is 9.09. The fraction of sp³-hybridized carbons (Fsp3) is 0.929. The molecule has 0 unspecified atom stereocenters. The molecule has 0 bridgehead atoms. The van der Waals surface area contributed by atoms with Gasteiger partial charge in [-0.15, -0.1) is 0 Å². The topological polar surface area (TPSA) is 29.1 Å². The minimum absolute atomic E-state index is 0.196. The van der Waals surface area contributed by atoms with E-state index in [4.69, 9.17) is 0 Å². The second-order valence-electron chi connectivity index (χ2n) is 6.28. The van der Waals surface area contributed by atoms with E-state index in [2.05, 4.69) is 42.0 Å². The predicted molar refractivity (Wildman–Crippen MR) is 76.3 cm³/mol. The summed E-state index contributed by atoms with van der Waals surface area (Å²) in [5.41, 5.74) is 0.196. The summed E-state index contributed by atoms with van der Waals surface area (Å²) in [6, 6.07) is 0. The fourth-order valence-electron chi connectivity index (χ4n) is 2.34. The Morgan fingerprint density at radius 2 is 1.88 bits per heavy atom. The van der Waals surface area contributed by atoms with Crippen LogP contribution in [0.1, 0.15) is 52.9 Å². The van der Waals surface area contributed by atoms with Crippen molar-refractivity contribution in [3.8, 4) is 0 Å². The summed E-state index contributed by atoms with van der Waals surface area (Å²) < 4.78 is 0. The maximum atomic E-state index is 12.0. The van der Waals surface area contributed by atoms with Crippen molar-refractivity contribution in [3.05, 3.63) is 0 Å². The second-order valence-corrected chi connectivity index (χ2v) is 7.07. The molecule has 0 atom stereocenters. The van der Waals surface area contributed by atoms with Gasteiger partial charge in [0.25, 0.3) is 0 Å². The number of halogens is 1. The van der Waals surface area contributed by atoms with Crippen LogP contribution in [0.3, 0.4) is 0 Å². The van der Waals surface area contributed by atoms with Crippen LogP contribution in [0.2, 0.25) is 0 Å². The van der Waals surface area contributed by atoms with Crippen molar-refractivity contribution in [2.45, 2.75) is 52.9 Å². The quantitative estimate of drug-likeness (QED) is 0.770. The number of hydrogen-bond donors (Lipinski definition) is 1. The Morgan fingerprint density at radius 1 is 1.29 bits per heavy atom. The second kappa shape index (κ2) is 6.77. The number of amides is 1. The first-order valence-electron chi connectivity index (χ1n) is 6.78. The van der Waals surface area contributed by atoms with Crippen LogP contribution in [0.15, 0.2) is 0 Å². The van der Waals surface area contributed by atoms with E-state index in [-0.39, 0.29) is 17.2 Å². The lowest BCUT2D eigenvalue weighted by Gasteiger charge is -2.28. The van der Waals surface area contributed by atoms with Crippen molar-refractivity contribution in [3.63, 3.8) is 0 Å². The van der Waals surface area contributed by atoms with Crippen LogP contribution in [-0.2, 0) is 4.79 Å². The van der Waals surface area contributed by atoms with Gasteiger partial charge in [0, 0.05) is 17.8 Å². The van der Waals surface area contributed by atoms with Crippen molar-refractivity contribution in [2.75, 3.05) is 11.9 Å². The van der Waals surface area contributed by atoms with Gasteiger partial charge in [0.1, 0.15) is 0 Å². The van der Waals surface area contributed by atoms with E-state index in [0.717, 1.165) is 37.1 Å². The summed E-state index contributed by atoms with van der Waals surface area (Å²) in [5, 5.41) is 4.13. The molecule has 0 heterocycles. The van der Waals surface area contributed by atoms with Gasteiger partial charge in [0.2, 0.25) is 5.91 Å². The number of alkyl halides is 1. The van der Waals surface area contributed by atoms with E-state index in [9.17, 15) is 4.79 Å². The third kappa shape index (κ3) is 5.41. The van der Waals surface area contributed by atoms with Gasteiger partial charge >= 0.3 is 0 Å². The van der Waals surface area contributed by atoms with Gasteiger partial charge in [-0.25, -0.2) is 0 Å². The number of carbonyl (C=O) groups excluding carboxylic acids is 1. The highest BCUT2D eigenvalue weighted by Gasteiger charge is 2.25. The Labute approximate surface area is 114 Å². The highest BCUT2D eigenvalue weighted by atomic mass is 79.9. The van der Waals surface area contributed by atoms with Gasteiger partial charge in [-0.2, -0.15) is 0 Å². The van der Waals surface area contributed by atoms with Crippen LogP contribution in [-0.4, -0.2) is 17.8 Å². The lowest BCUT2D eigenvalue weighted by Crippen LogP contribution is -2.38. The SMILES string of the molecule is CC1CCC(C(=O)NCC(C)(C)CCBr)CC1. The van der Waals surface area contributed by atoms with E-state index in [0.29, 0.717) is 0 Å². The third-order valence-corrected chi connectivity index (χ3v) is 4.30. The minimum atomic E-state index is 0.196. The Morgan fingerprint density at radius 3 is 2.41 bits per heavy atom. The molecule has 0 spiro atoms. The Kier molecular flexibility index (Phi) is 5.98. The summed E-state index contributed by atoms with van der Waals surface area (Å²) in [7, 11) is 0. The van der Waals surface area contributed by atoms with E-state index in [1.165, 1.54) is 12.8 Å². The van der Waals surface area contributed by atoms with Crippen LogP contribution >= 0.6 is 15.9 Å². The van der Waals surface area contributed by atoms with E-state index in [1.54, 1.807) is 0 Å². The van der Waals surface area contributed by atoms with Crippen molar-refractivity contribution in [1.29, 1.82) is 0 Å². The van der Waals surface area contributed by atoms with E-state index < -0.39 is 0 Å². The minimum Gasteiger partial charge on any atom is -0.355 e. The summed E-state index contributed by atoms with van der Waals surface area (Å²) in [5.74, 6) is 1.36. The maximum Gasteiger partial charge on any atom is 0.223 e. The molecule has 100 valence electrons. The molecule has 1 N–H and O–H groups in total. The van der Waals surface area contributed by atoms with Gasteiger partial charge in [-0.05, 0) is 43.4 Å². The molecule has 1 aliphatic carbocycles. The third-order valence-electron chi connectivity index (χ3n) is 3.90. The number of rotatable bonds is 5. The van der Waals surface area contributed by atoms with Gasteiger partial charge in [0.05, 0.1) is 0 Å². The molecule has 1 saturated carbocycles. The fourth-order valence-corrected chi connectivity index (χ4v) is 3.41. The van der Waals surface area contributed by atoms with E-state index in [1.807, 2.05) is 0 Å². The summed E-state index contributed by atoms with van der Waals surface area (Å²) in [6.07, 6.45) is 5.67. The molecule has 17 heavy (non-hydrogen) atoms. The Bertz CT molecular complexity index is 245. The molecule has 0 aromatic heterocycles. The highest BCUT2D eigenvalue weighted by Crippen LogP contribution is 2.28. The van der Waals surface area contributed by atoms with Gasteiger partial charge in [-0.1, -0.05) is 36.7 Å². The number of hydrogen-bond acceptors (Lipinski definition) is 1. The largest absolute Gasteiger partial charge is 0.355 e. The molecule has 0 aromatic rings. The molecule has 0 radical (unpaired) electrons. The summed E-state index contributed by atoms with van der Waals surface area (Å²) >= 11 is 3.46. The maximum absolute atomic E-state index is 12.0. The Balaban J connectivity index is 2.29. The van der Waals surface area contributed by atoms with Crippen LogP contribution in [0.4, 0.5) is 0 Å². The molecule has 1 fully saturated rings. The standard InChI is InChI=1S/C14H26BrNO/c1-11-4-6-12(7-5-11)13(17)16-10-14(2,3)8-9-15/h11-12H,4-10H2,1-3H3,(H,16,17). The smallest absolute Gasteiger partial charge is 0.223 e. The lowest BCUT2D eigenvalue weighted by atomic mass is 9.82. The molecule has 3 heteroatoms. The lowest BCUT2D eigenvalue weighted by molar-refractivity contribution is -0.126. The van der Waals surface area contributed by atoms with Crippen molar-refractivity contribution in [2.24, 2.45) is 17.3 Å². The zero-order valence-corrected chi connectivity index (χ0v) is 13.0. The normalized spacial score (nSPS) is 25.6. The monoisotopic (exact) mass is 303 g/mol. The molecule has 0 saturated heterocycles. The molecule has 1 amide bonds. The molecule has 0 aliphatic heterocycles. The zero-order chi connectivity index (χ0) is 12.9. The molecular weight excluding hydrogens is 278 g/mol. The van der Waals surface area contributed by atoms with Crippen LogP contribution in [0.5, 0.6) is 0 Å². The number of nitrogens with one attached hydrogen (secondary N) is 1. The summed E-state index contributed by atoms with van der Waals surface area (Å²) in [6.45, 7) is 7.49. The van der Waals surface area contributed by atoms with Gasteiger partial charge in [-0.3, -0.25) is 4.79 Å². The average Bonchev–Trinajstić information content (AvgIpc) is 2.27. The molecular formula is C14H26BrNO.